The highest BCUT2D eigenvalue weighted by molar-refractivity contribution is 6.34. The van der Waals surface area contributed by atoms with Crippen LogP contribution in [0.25, 0.3) is 0 Å². The van der Waals surface area contributed by atoms with Gasteiger partial charge in [-0.25, -0.2) is 4.39 Å². The molecule has 0 bridgehead atoms. The van der Waals surface area contributed by atoms with Gasteiger partial charge >= 0.3 is 0 Å². The highest BCUT2D eigenvalue weighted by Gasteiger charge is 2.15. The van der Waals surface area contributed by atoms with E-state index < -0.39 is 11.7 Å². The van der Waals surface area contributed by atoms with E-state index >= 15 is 0 Å². The van der Waals surface area contributed by atoms with E-state index in [1.807, 2.05) is 0 Å². The third kappa shape index (κ3) is 2.97. The van der Waals surface area contributed by atoms with Gasteiger partial charge in [0.2, 0.25) is 0 Å². The van der Waals surface area contributed by atoms with Crippen molar-refractivity contribution in [3.63, 3.8) is 0 Å². The molecular formula is C13H8Cl2FNO2. The molecule has 0 saturated heterocycles. The molecule has 0 aliphatic carbocycles. The van der Waals surface area contributed by atoms with Gasteiger partial charge in [0.05, 0.1) is 16.3 Å². The standard InChI is InChI=1S/C13H8Cl2FNO2/c14-7-4-5-11(18)8(6-7)13(19)17-12-9(15)2-1-3-10(12)16/h1-6,18H,(H,17,19). The van der Waals surface area contributed by atoms with Gasteiger partial charge in [0, 0.05) is 5.02 Å². The first-order valence-electron chi connectivity index (χ1n) is 5.23. The number of amides is 1. The fraction of sp³-hybridized carbons (Fsp3) is 0. The Labute approximate surface area is 118 Å². The lowest BCUT2D eigenvalue weighted by Crippen LogP contribution is -2.13. The zero-order chi connectivity index (χ0) is 14.0. The number of carbonyl (C=O) groups excluding carboxylic acids is 1. The van der Waals surface area contributed by atoms with E-state index in [1.54, 1.807) is 0 Å². The highest BCUT2D eigenvalue weighted by Crippen LogP contribution is 2.27. The summed E-state index contributed by atoms with van der Waals surface area (Å²) in [5.41, 5.74) is -0.208. The summed E-state index contributed by atoms with van der Waals surface area (Å²) >= 11 is 11.5. The Kier molecular flexibility index (Phi) is 3.93. The SMILES string of the molecule is O=C(Nc1c(F)cccc1Cl)c1cc(Cl)ccc1O. The molecule has 0 atom stereocenters. The Bertz CT molecular complexity index is 626. The van der Waals surface area contributed by atoms with Gasteiger partial charge in [-0.15, -0.1) is 0 Å². The number of halogens is 3. The second kappa shape index (κ2) is 5.47. The lowest BCUT2D eigenvalue weighted by molar-refractivity contribution is 0.102. The minimum Gasteiger partial charge on any atom is -0.507 e. The number of aromatic hydroxyl groups is 1. The van der Waals surface area contributed by atoms with Gasteiger partial charge in [0.1, 0.15) is 11.6 Å². The molecule has 98 valence electrons. The van der Waals surface area contributed by atoms with Crippen LogP contribution in [-0.2, 0) is 0 Å². The van der Waals surface area contributed by atoms with Crippen molar-refractivity contribution < 1.29 is 14.3 Å². The second-order valence-corrected chi connectivity index (χ2v) is 4.56. The van der Waals surface area contributed by atoms with Gasteiger partial charge in [0.25, 0.3) is 5.91 Å². The fourth-order valence-corrected chi connectivity index (χ4v) is 1.87. The average Bonchev–Trinajstić information content (AvgIpc) is 2.37. The molecule has 2 N–H and O–H groups in total. The summed E-state index contributed by atoms with van der Waals surface area (Å²) in [7, 11) is 0. The lowest BCUT2D eigenvalue weighted by Gasteiger charge is -2.09. The van der Waals surface area contributed by atoms with E-state index in [4.69, 9.17) is 23.2 Å². The first-order chi connectivity index (χ1) is 8.99. The molecule has 0 spiro atoms. The van der Waals surface area contributed by atoms with E-state index in [0.717, 1.165) is 0 Å². The smallest absolute Gasteiger partial charge is 0.259 e. The Morgan fingerprint density at radius 2 is 1.95 bits per heavy atom. The summed E-state index contributed by atoms with van der Waals surface area (Å²) in [6.45, 7) is 0. The Hall–Kier alpha value is -1.78. The van der Waals surface area contributed by atoms with E-state index in [-0.39, 0.29) is 27.0 Å². The number of para-hydroxylation sites is 1. The maximum Gasteiger partial charge on any atom is 0.259 e. The van der Waals surface area contributed by atoms with Crippen molar-refractivity contribution in [1.29, 1.82) is 0 Å². The molecule has 0 fully saturated rings. The summed E-state index contributed by atoms with van der Waals surface area (Å²) in [5, 5.41) is 12.2. The number of carbonyl (C=O) groups is 1. The van der Waals surface area contributed by atoms with E-state index in [2.05, 4.69) is 5.32 Å². The normalized spacial score (nSPS) is 10.3. The number of hydrogen-bond donors (Lipinski definition) is 2. The molecule has 0 aromatic heterocycles. The molecule has 0 aliphatic heterocycles. The Balaban J connectivity index is 2.34. The second-order valence-electron chi connectivity index (χ2n) is 3.71. The molecule has 0 unspecified atom stereocenters. The zero-order valence-corrected chi connectivity index (χ0v) is 11.0. The summed E-state index contributed by atoms with van der Waals surface area (Å²) in [6, 6.07) is 8.02. The summed E-state index contributed by atoms with van der Waals surface area (Å²) in [6.07, 6.45) is 0. The molecule has 0 saturated carbocycles. The van der Waals surface area contributed by atoms with E-state index in [0.29, 0.717) is 0 Å². The number of phenolic OH excluding ortho intramolecular Hbond substituents is 1. The van der Waals surface area contributed by atoms with Crippen molar-refractivity contribution in [2.75, 3.05) is 5.32 Å². The van der Waals surface area contributed by atoms with Gasteiger partial charge in [-0.1, -0.05) is 29.3 Å². The maximum atomic E-state index is 13.5. The molecule has 2 aromatic rings. The number of benzene rings is 2. The van der Waals surface area contributed by atoms with Gasteiger partial charge in [-0.2, -0.15) is 0 Å². The first kappa shape index (κ1) is 13.6. The average molecular weight is 300 g/mol. The molecule has 0 aliphatic rings. The van der Waals surface area contributed by atoms with Crippen molar-refractivity contribution in [1.82, 2.24) is 0 Å². The molecule has 0 radical (unpaired) electrons. The van der Waals surface area contributed by atoms with Crippen molar-refractivity contribution in [3.05, 3.63) is 57.8 Å². The van der Waals surface area contributed by atoms with Crippen LogP contribution in [0.5, 0.6) is 5.75 Å². The topological polar surface area (TPSA) is 49.3 Å². The minimum absolute atomic E-state index is 0.0631. The van der Waals surface area contributed by atoms with Crippen LogP contribution in [0.15, 0.2) is 36.4 Å². The summed E-state index contributed by atoms with van der Waals surface area (Å²) in [5.74, 6) is -1.62. The molecule has 3 nitrogen and oxygen atoms in total. The number of phenols is 1. The van der Waals surface area contributed by atoms with Crippen LogP contribution < -0.4 is 5.32 Å². The molecule has 6 heteroatoms. The number of anilines is 1. The fourth-order valence-electron chi connectivity index (χ4n) is 1.49. The Morgan fingerprint density at radius 1 is 1.21 bits per heavy atom. The molecule has 2 rings (SSSR count). The molecule has 2 aromatic carbocycles. The summed E-state index contributed by atoms with van der Waals surface area (Å²) in [4.78, 5) is 11.9. The predicted octanol–water partition coefficient (Wildman–Crippen LogP) is 4.09. The van der Waals surface area contributed by atoms with Crippen LogP contribution in [0.3, 0.4) is 0 Å². The molecule has 1 amide bonds. The third-order valence-corrected chi connectivity index (χ3v) is 2.95. The van der Waals surface area contributed by atoms with Gasteiger partial charge < -0.3 is 10.4 Å². The molecule has 0 heterocycles. The van der Waals surface area contributed by atoms with E-state index in [9.17, 15) is 14.3 Å². The number of hydrogen-bond acceptors (Lipinski definition) is 2. The first-order valence-corrected chi connectivity index (χ1v) is 5.98. The van der Waals surface area contributed by atoms with Gasteiger partial charge in [-0.05, 0) is 30.3 Å². The lowest BCUT2D eigenvalue weighted by atomic mass is 10.2. The summed E-state index contributed by atoms with van der Waals surface area (Å²) < 4.78 is 13.5. The van der Waals surface area contributed by atoms with Crippen LogP contribution in [0, 0.1) is 5.82 Å². The monoisotopic (exact) mass is 299 g/mol. The predicted molar refractivity (Wildman–Crippen MR) is 72.5 cm³/mol. The van der Waals surface area contributed by atoms with Crippen LogP contribution in [0.4, 0.5) is 10.1 Å². The Morgan fingerprint density at radius 3 is 2.63 bits per heavy atom. The van der Waals surface area contributed by atoms with Crippen LogP contribution in [0.2, 0.25) is 10.0 Å². The third-order valence-electron chi connectivity index (χ3n) is 2.40. The van der Waals surface area contributed by atoms with E-state index in [1.165, 1.54) is 36.4 Å². The van der Waals surface area contributed by atoms with Gasteiger partial charge in [-0.3, -0.25) is 4.79 Å². The number of nitrogens with one attached hydrogen (secondary N) is 1. The molecule has 19 heavy (non-hydrogen) atoms. The van der Waals surface area contributed by atoms with Crippen LogP contribution in [-0.4, -0.2) is 11.0 Å². The quantitative estimate of drug-likeness (QED) is 0.877. The zero-order valence-electron chi connectivity index (χ0n) is 9.45. The van der Waals surface area contributed by atoms with Crippen molar-refractivity contribution in [3.8, 4) is 5.75 Å². The largest absolute Gasteiger partial charge is 0.507 e. The highest BCUT2D eigenvalue weighted by atomic mass is 35.5. The van der Waals surface area contributed by atoms with Crippen LogP contribution >= 0.6 is 23.2 Å². The van der Waals surface area contributed by atoms with Crippen molar-refractivity contribution in [2.45, 2.75) is 0 Å². The van der Waals surface area contributed by atoms with Gasteiger partial charge in [0.15, 0.2) is 0 Å². The minimum atomic E-state index is -0.702. The van der Waals surface area contributed by atoms with Crippen molar-refractivity contribution >= 4 is 34.8 Å². The number of rotatable bonds is 2. The maximum absolute atomic E-state index is 13.5. The van der Waals surface area contributed by atoms with Crippen LogP contribution in [0.1, 0.15) is 10.4 Å². The van der Waals surface area contributed by atoms with Crippen molar-refractivity contribution in [2.24, 2.45) is 0 Å². The molecular weight excluding hydrogens is 292 g/mol.